The largest absolute Gasteiger partial charge is 0.0649 e. The smallest absolute Gasteiger partial charge is 0.0328 e. The molecule has 0 aromatic heterocycles. The van der Waals surface area contributed by atoms with Crippen LogP contribution in [-0.2, 0) is 0 Å². The predicted octanol–water partition coefficient (Wildman–Crippen LogP) is 6.69. The first kappa shape index (κ1) is 16.4. The molecule has 0 aromatic rings. The highest BCUT2D eigenvalue weighted by molar-refractivity contribution is 4.87. The van der Waals surface area contributed by atoms with E-state index in [0.29, 0.717) is 5.41 Å². The molecule has 0 bridgehead atoms. The SMILES string of the molecule is CCC(C)(C)C1CCC(CC2CCC(C)CC2)C(C)C1. The molecule has 20 heavy (non-hydrogen) atoms. The Balaban J connectivity index is 1.81. The zero-order chi connectivity index (χ0) is 14.8. The van der Waals surface area contributed by atoms with Gasteiger partial charge in [0, 0.05) is 0 Å². The van der Waals surface area contributed by atoms with E-state index in [1.165, 1.54) is 51.4 Å². The fraction of sp³-hybridized carbons (Fsp3) is 1.00. The Labute approximate surface area is 128 Å². The Kier molecular flexibility index (Phi) is 5.60. The highest BCUT2D eigenvalue weighted by Gasteiger charge is 2.36. The third kappa shape index (κ3) is 4.01. The summed E-state index contributed by atoms with van der Waals surface area (Å²) in [5.74, 6) is 5.06. The fourth-order valence-corrected chi connectivity index (χ4v) is 4.80. The molecule has 3 unspecified atom stereocenters. The second kappa shape index (κ2) is 6.84. The van der Waals surface area contributed by atoms with Crippen LogP contribution in [0.1, 0.15) is 92.4 Å². The van der Waals surface area contributed by atoms with Crippen molar-refractivity contribution in [2.75, 3.05) is 0 Å². The van der Waals surface area contributed by atoms with E-state index in [1.807, 2.05) is 0 Å². The molecule has 2 fully saturated rings. The molecule has 118 valence electrons. The monoisotopic (exact) mass is 278 g/mol. The highest BCUT2D eigenvalue weighted by Crippen LogP contribution is 2.47. The lowest BCUT2D eigenvalue weighted by atomic mass is 9.62. The van der Waals surface area contributed by atoms with Crippen LogP contribution in [-0.4, -0.2) is 0 Å². The van der Waals surface area contributed by atoms with Crippen LogP contribution in [0, 0.1) is 35.0 Å². The van der Waals surface area contributed by atoms with Crippen LogP contribution < -0.4 is 0 Å². The minimum absolute atomic E-state index is 0.569. The van der Waals surface area contributed by atoms with Crippen molar-refractivity contribution in [3.63, 3.8) is 0 Å². The van der Waals surface area contributed by atoms with Gasteiger partial charge < -0.3 is 0 Å². The van der Waals surface area contributed by atoms with Crippen molar-refractivity contribution in [2.45, 2.75) is 92.4 Å². The van der Waals surface area contributed by atoms with Crippen molar-refractivity contribution in [1.82, 2.24) is 0 Å². The van der Waals surface area contributed by atoms with E-state index in [4.69, 9.17) is 0 Å². The topological polar surface area (TPSA) is 0 Å². The van der Waals surface area contributed by atoms with Gasteiger partial charge in [0.25, 0.3) is 0 Å². The van der Waals surface area contributed by atoms with Crippen LogP contribution >= 0.6 is 0 Å². The maximum absolute atomic E-state index is 2.55. The van der Waals surface area contributed by atoms with Crippen molar-refractivity contribution in [3.8, 4) is 0 Å². The van der Waals surface area contributed by atoms with E-state index in [-0.39, 0.29) is 0 Å². The van der Waals surface area contributed by atoms with E-state index in [0.717, 1.165) is 29.6 Å². The first-order valence-electron chi connectivity index (χ1n) is 9.42. The van der Waals surface area contributed by atoms with Gasteiger partial charge in [-0.1, -0.05) is 66.7 Å². The molecule has 0 heteroatoms. The average Bonchev–Trinajstić information content (AvgIpc) is 2.43. The molecule has 2 aliphatic rings. The van der Waals surface area contributed by atoms with Gasteiger partial charge in [-0.05, 0) is 60.7 Å². The maximum atomic E-state index is 2.55. The van der Waals surface area contributed by atoms with Gasteiger partial charge in [-0.2, -0.15) is 0 Å². The van der Waals surface area contributed by atoms with Crippen LogP contribution in [0.2, 0.25) is 0 Å². The van der Waals surface area contributed by atoms with Gasteiger partial charge in [0.2, 0.25) is 0 Å². The molecule has 0 spiro atoms. The molecule has 0 N–H and O–H groups in total. The lowest BCUT2D eigenvalue weighted by Gasteiger charge is -2.43. The molecule has 0 heterocycles. The maximum Gasteiger partial charge on any atom is -0.0328 e. The third-order valence-corrected chi connectivity index (χ3v) is 7.13. The minimum atomic E-state index is 0.569. The Morgan fingerprint density at radius 3 is 2.10 bits per heavy atom. The van der Waals surface area contributed by atoms with Crippen LogP contribution in [0.4, 0.5) is 0 Å². The zero-order valence-corrected chi connectivity index (χ0v) is 14.8. The number of hydrogen-bond acceptors (Lipinski definition) is 0. The van der Waals surface area contributed by atoms with E-state index in [9.17, 15) is 0 Å². The Morgan fingerprint density at radius 2 is 1.55 bits per heavy atom. The molecule has 0 nitrogen and oxygen atoms in total. The summed E-state index contributed by atoms with van der Waals surface area (Å²) in [6, 6.07) is 0. The molecule has 3 atom stereocenters. The van der Waals surface area contributed by atoms with E-state index in [2.05, 4.69) is 34.6 Å². The normalized spacial score (nSPS) is 39.8. The van der Waals surface area contributed by atoms with E-state index in [1.54, 1.807) is 6.42 Å². The first-order valence-corrected chi connectivity index (χ1v) is 9.42. The summed E-state index contributed by atoms with van der Waals surface area (Å²) in [7, 11) is 0. The van der Waals surface area contributed by atoms with Crippen LogP contribution in [0.3, 0.4) is 0 Å². The Morgan fingerprint density at radius 1 is 0.900 bits per heavy atom. The van der Waals surface area contributed by atoms with Crippen molar-refractivity contribution < 1.29 is 0 Å². The second-order valence-electron chi connectivity index (χ2n) is 8.95. The molecule has 2 aliphatic carbocycles. The standard InChI is InChI=1S/C20H38/c1-6-20(4,5)19-12-11-18(16(3)13-19)14-17-9-7-15(2)8-10-17/h15-19H,6-14H2,1-5H3. The summed E-state index contributed by atoms with van der Waals surface area (Å²) in [6.07, 6.45) is 13.4. The van der Waals surface area contributed by atoms with Crippen LogP contribution in [0.5, 0.6) is 0 Å². The minimum Gasteiger partial charge on any atom is -0.0649 e. The summed E-state index contributed by atoms with van der Waals surface area (Å²) in [5.41, 5.74) is 0.569. The summed E-state index contributed by atoms with van der Waals surface area (Å²) in [5, 5.41) is 0. The lowest BCUT2D eigenvalue weighted by molar-refractivity contribution is 0.0750. The fourth-order valence-electron chi connectivity index (χ4n) is 4.80. The van der Waals surface area contributed by atoms with Gasteiger partial charge in [0.05, 0.1) is 0 Å². The van der Waals surface area contributed by atoms with Gasteiger partial charge in [-0.25, -0.2) is 0 Å². The summed E-state index contributed by atoms with van der Waals surface area (Å²) in [4.78, 5) is 0. The molecule has 0 saturated heterocycles. The molecule has 0 aromatic carbocycles. The zero-order valence-electron chi connectivity index (χ0n) is 14.8. The Hall–Kier alpha value is 0. The second-order valence-corrected chi connectivity index (χ2v) is 8.95. The molecule has 0 aliphatic heterocycles. The quantitative estimate of drug-likeness (QED) is 0.537. The third-order valence-electron chi connectivity index (χ3n) is 7.13. The first-order chi connectivity index (χ1) is 9.42. The molecular weight excluding hydrogens is 240 g/mol. The molecular formula is C20H38. The van der Waals surface area contributed by atoms with Crippen molar-refractivity contribution in [1.29, 1.82) is 0 Å². The molecule has 0 radical (unpaired) electrons. The molecule has 0 amide bonds. The number of rotatable bonds is 4. The highest BCUT2D eigenvalue weighted by atomic mass is 14.4. The molecule has 2 rings (SSSR count). The Bertz CT molecular complexity index is 282. The average molecular weight is 279 g/mol. The van der Waals surface area contributed by atoms with Crippen LogP contribution in [0.15, 0.2) is 0 Å². The van der Waals surface area contributed by atoms with Gasteiger partial charge in [-0.15, -0.1) is 0 Å². The lowest BCUT2D eigenvalue weighted by Crippen LogP contribution is -2.33. The van der Waals surface area contributed by atoms with Crippen LogP contribution in [0.25, 0.3) is 0 Å². The predicted molar refractivity (Wildman–Crippen MR) is 89.8 cm³/mol. The summed E-state index contributed by atoms with van der Waals surface area (Å²) in [6.45, 7) is 12.4. The van der Waals surface area contributed by atoms with Gasteiger partial charge >= 0.3 is 0 Å². The van der Waals surface area contributed by atoms with Crippen molar-refractivity contribution in [2.24, 2.45) is 35.0 Å². The van der Waals surface area contributed by atoms with Gasteiger partial charge in [0.15, 0.2) is 0 Å². The van der Waals surface area contributed by atoms with Crippen molar-refractivity contribution in [3.05, 3.63) is 0 Å². The van der Waals surface area contributed by atoms with Gasteiger partial charge in [0.1, 0.15) is 0 Å². The number of hydrogen-bond donors (Lipinski definition) is 0. The van der Waals surface area contributed by atoms with Crippen molar-refractivity contribution >= 4 is 0 Å². The van der Waals surface area contributed by atoms with E-state index >= 15 is 0 Å². The van der Waals surface area contributed by atoms with E-state index < -0.39 is 0 Å². The summed E-state index contributed by atoms with van der Waals surface area (Å²) < 4.78 is 0. The van der Waals surface area contributed by atoms with Gasteiger partial charge in [-0.3, -0.25) is 0 Å². The molecule has 2 saturated carbocycles. The summed E-state index contributed by atoms with van der Waals surface area (Å²) >= 11 is 0.